The summed E-state index contributed by atoms with van der Waals surface area (Å²) in [5.74, 6) is 0.661. The summed E-state index contributed by atoms with van der Waals surface area (Å²) in [6, 6.07) is 6.82. The van der Waals surface area contributed by atoms with E-state index in [-0.39, 0.29) is 0 Å². The monoisotopic (exact) mass is 303 g/mol. The molecule has 2 rings (SSSR count). The van der Waals surface area contributed by atoms with E-state index in [9.17, 15) is 5.11 Å². The van der Waals surface area contributed by atoms with Crippen molar-refractivity contribution in [3.05, 3.63) is 35.1 Å². The lowest BCUT2D eigenvalue weighted by molar-refractivity contribution is 0.147. The summed E-state index contributed by atoms with van der Waals surface area (Å²) in [4.78, 5) is 0. The van der Waals surface area contributed by atoms with Gasteiger partial charge < -0.3 is 14.8 Å². The van der Waals surface area contributed by atoms with Gasteiger partial charge in [-0.25, -0.2) is 0 Å². The van der Waals surface area contributed by atoms with Gasteiger partial charge in [-0.1, -0.05) is 46.6 Å². The van der Waals surface area contributed by atoms with Gasteiger partial charge in [0.25, 0.3) is 0 Å². The molecule has 0 aliphatic carbocycles. The van der Waals surface area contributed by atoms with E-state index < -0.39 is 6.10 Å². The second-order valence-corrected chi connectivity index (χ2v) is 6.40. The molecule has 1 aromatic carbocycles. The molecule has 2 aromatic rings. The molecule has 0 saturated heterocycles. The number of fused-ring (bicyclic) bond motifs is 1. The Balaban J connectivity index is 2.32. The molecule has 1 heterocycles. The van der Waals surface area contributed by atoms with Crippen molar-refractivity contribution in [1.82, 2.24) is 5.32 Å². The Labute approximate surface area is 133 Å². The Kier molecular flexibility index (Phi) is 6.04. The molecule has 0 aliphatic rings. The fourth-order valence-corrected chi connectivity index (χ4v) is 2.81. The summed E-state index contributed by atoms with van der Waals surface area (Å²) in [5.41, 5.74) is 3.57. The molecular weight excluding hydrogens is 274 g/mol. The molecule has 1 aromatic heterocycles. The Morgan fingerprint density at radius 1 is 1.09 bits per heavy atom. The van der Waals surface area contributed by atoms with Gasteiger partial charge in [-0.2, -0.15) is 0 Å². The zero-order valence-corrected chi connectivity index (χ0v) is 14.3. The van der Waals surface area contributed by atoms with E-state index in [2.05, 4.69) is 45.1 Å². The number of benzene rings is 1. The third kappa shape index (κ3) is 4.11. The van der Waals surface area contributed by atoms with E-state index in [0.29, 0.717) is 18.3 Å². The van der Waals surface area contributed by atoms with Crippen LogP contribution in [0.1, 0.15) is 63.5 Å². The minimum Gasteiger partial charge on any atom is -0.458 e. The van der Waals surface area contributed by atoms with Gasteiger partial charge in [0.15, 0.2) is 0 Å². The zero-order valence-electron chi connectivity index (χ0n) is 14.3. The fraction of sp³-hybridized carbons (Fsp3) is 0.579. The molecular formula is C19H29NO2. The van der Waals surface area contributed by atoms with Crippen LogP contribution in [-0.2, 0) is 12.8 Å². The van der Waals surface area contributed by atoms with Gasteiger partial charge in [0.05, 0.1) is 0 Å². The van der Waals surface area contributed by atoms with Crippen LogP contribution in [0.5, 0.6) is 0 Å². The van der Waals surface area contributed by atoms with Crippen molar-refractivity contribution in [3.63, 3.8) is 0 Å². The highest BCUT2D eigenvalue weighted by atomic mass is 16.4. The molecule has 3 heteroatoms. The van der Waals surface area contributed by atoms with E-state index >= 15 is 0 Å². The van der Waals surface area contributed by atoms with Gasteiger partial charge >= 0.3 is 0 Å². The molecule has 1 atom stereocenters. The average Bonchev–Trinajstić information content (AvgIpc) is 2.89. The number of aliphatic hydroxyl groups is 1. The summed E-state index contributed by atoms with van der Waals surface area (Å²) in [6.07, 6.45) is 3.74. The minimum atomic E-state index is -0.598. The van der Waals surface area contributed by atoms with Gasteiger partial charge in [-0.15, -0.1) is 0 Å². The third-order valence-electron chi connectivity index (χ3n) is 3.88. The van der Waals surface area contributed by atoms with Crippen LogP contribution >= 0.6 is 0 Å². The summed E-state index contributed by atoms with van der Waals surface area (Å²) in [7, 11) is 0. The van der Waals surface area contributed by atoms with Crippen LogP contribution in [0.15, 0.2) is 22.6 Å². The molecule has 22 heavy (non-hydrogen) atoms. The van der Waals surface area contributed by atoms with Crippen LogP contribution in [0.3, 0.4) is 0 Å². The molecule has 0 amide bonds. The lowest BCUT2D eigenvalue weighted by Crippen LogP contribution is -2.27. The van der Waals surface area contributed by atoms with Crippen LogP contribution < -0.4 is 5.32 Å². The number of furan rings is 1. The number of hydrogen-bond acceptors (Lipinski definition) is 3. The average molecular weight is 303 g/mol. The smallest absolute Gasteiger partial charge is 0.137 e. The van der Waals surface area contributed by atoms with Gasteiger partial charge in [0, 0.05) is 18.0 Å². The molecule has 2 N–H and O–H groups in total. The highest BCUT2D eigenvalue weighted by Crippen LogP contribution is 2.29. The van der Waals surface area contributed by atoms with Gasteiger partial charge in [-0.05, 0) is 36.1 Å². The van der Waals surface area contributed by atoms with Gasteiger partial charge in [0.2, 0.25) is 0 Å². The standard InChI is InChI=1S/C19H29NO2/c1-5-7-14-9-15(8-6-2)19-16(10-14)11-18(22-19)17(21)12-20-13(3)4/h9-11,13,17,20-21H,5-8,12H2,1-4H3. The molecule has 0 spiro atoms. The second-order valence-electron chi connectivity index (χ2n) is 6.40. The van der Waals surface area contributed by atoms with Crippen molar-refractivity contribution in [2.75, 3.05) is 6.54 Å². The maximum Gasteiger partial charge on any atom is 0.137 e. The quantitative estimate of drug-likeness (QED) is 0.761. The fourth-order valence-electron chi connectivity index (χ4n) is 2.81. The van der Waals surface area contributed by atoms with Crippen molar-refractivity contribution in [1.29, 1.82) is 0 Å². The SMILES string of the molecule is CCCc1cc(CCC)c2oc(C(O)CNC(C)C)cc2c1. The zero-order chi connectivity index (χ0) is 16.1. The largest absolute Gasteiger partial charge is 0.458 e. The van der Waals surface area contributed by atoms with Crippen molar-refractivity contribution in [3.8, 4) is 0 Å². The normalized spacial score (nSPS) is 13.2. The molecule has 3 nitrogen and oxygen atoms in total. The number of hydrogen-bond donors (Lipinski definition) is 2. The number of rotatable bonds is 8. The van der Waals surface area contributed by atoms with Crippen LogP contribution in [0.2, 0.25) is 0 Å². The van der Waals surface area contributed by atoms with Crippen molar-refractivity contribution < 1.29 is 9.52 Å². The summed E-state index contributed by atoms with van der Waals surface area (Å²) < 4.78 is 5.99. The third-order valence-corrected chi connectivity index (χ3v) is 3.88. The number of nitrogens with one attached hydrogen (secondary N) is 1. The molecule has 0 saturated carbocycles. The van der Waals surface area contributed by atoms with E-state index in [0.717, 1.165) is 36.7 Å². The van der Waals surface area contributed by atoms with Gasteiger partial charge in [0.1, 0.15) is 17.4 Å². The molecule has 0 bridgehead atoms. The minimum absolute atomic E-state index is 0.353. The Morgan fingerprint density at radius 2 is 1.82 bits per heavy atom. The number of aryl methyl sites for hydroxylation is 2. The van der Waals surface area contributed by atoms with Crippen molar-refractivity contribution >= 4 is 11.0 Å². The van der Waals surface area contributed by atoms with Crippen molar-refractivity contribution in [2.45, 2.75) is 65.5 Å². The summed E-state index contributed by atoms with van der Waals surface area (Å²) in [6.45, 7) is 9.04. The maximum absolute atomic E-state index is 10.3. The first-order chi connectivity index (χ1) is 10.5. The van der Waals surface area contributed by atoms with E-state index in [1.165, 1.54) is 11.1 Å². The van der Waals surface area contributed by atoms with E-state index in [4.69, 9.17) is 4.42 Å². The molecule has 0 radical (unpaired) electrons. The van der Waals surface area contributed by atoms with E-state index in [1.807, 2.05) is 6.07 Å². The predicted octanol–water partition coefficient (Wildman–Crippen LogP) is 4.37. The summed E-state index contributed by atoms with van der Waals surface area (Å²) in [5, 5.41) is 14.7. The highest BCUT2D eigenvalue weighted by molar-refractivity contribution is 5.82. The first-order valence-electron chi connectivity index (χ1n) is 8.51. The van der Waals surface area contributed by atoms with Crippen molar-refractivity contribution in [2.24, 2.45) is 0 Å². The lowest BCUT2D eigenvalue weighted by Gasteiger charge is -2.11. The second kappa shape index (κ2) is 7.80. The van der Waals surface area contributed by atoms with Crippen LogP contribution in [-0.4, -0.2) is 17.7 Å². The molecule has 0 aliphatic heterocycles. The van der Waals surface area contributed by atoms with Crippen LogP contribution in [0, 0.1) is 0 Å². The Hall–Kier alpha value is -1.32. The lowest BCUT2D eigenvalue weighted by atomic mass is 10.0. The predicted molar refractivity (Wildman–Crippen MR) is 92.3 cm³/mol. The highest BCUT2D eigenvalue weighted by Gasteiger charge is 2.16. The first kappa shape index (κ1) is 17.0. The Bertz CT molecular complexity index is 601. The van der Waals surface area contributed by atoms with Gasteiger partial charge in [-0.3, -0.25) is 0 Å². The van der Waals surface area contributed by atoms with Crippen LogP contribution in [0.25, 0.3) is 11.0 Å². The number of aliphatic hydroxyl groups excluding tert-OH is 1. The molecule has 122 valence electrons. The molecule has 0 fully saturated rings. The summed E-state index contributed by atoms with van der Waals surface area (Å²) >= 11 is 0. The topological polar surface area (TPSA) is 45.4 Å². The molecule has 1 unspecified atom stereocenters. The Morgan fingerprint density at radius 3 is 2.45 bits per heavy atom. The maximum atomic E-state index is 10.3. The van der Waals surface area contributed by atoms with Crippen LogP contribution in [0.4, 0.5) is 0 Å². The first-order valence-corrected chi connectivity index (χ1v) is 8.51. The van der Waals surface area contributed by atoms with E-state index in [1.54, 1.807) is 0 Å².